The van der Waals surface area contributed by atoms with Crippen LogP contribution in [0.3, 0.4) is 0 Å². The lowest BCUT2D eigenvalue weighted by Gasteiger charge is -2.16. The average molecular weight is 556 g/mol. The Morgan fingerprint density at radius 2 is 1.54 bits per heavy atom. The molecule has 0 fully saturated rings. The van der Waals surface area contributed by atoms with E-state index in [2.05, 4.69) is 20.8 Å². The summed E-state index contributed by atoms with van der Waals surface area (Å²) in [5.41, 5.74) is 8.80. The molecule has 0 aliphatic carbocycles. The van der Waals surface area contributed by atoms with Gasteiger partial charge in [-0.3, -0.25) is 9.59 Å². The van der Waals surface area contributed by atoms with Gasteiger partial charge in [0, 0.05) is 12.1 Å². The van der Waals surface area contributed by atoms with Crippen LogP contribution in [0.2, 0.25) is 0 Å². The molecule has 10 heteroatoms. The number of nitrogens with one attached hydrogen (secondary N) is 2. The lowest BCUT2D eigenvalue weighted by molar-refractivity contribution is 0.0896. The van der Waals surface area contributed by atoms with Crippen molar-refractivity contribution in [3.63, 3.8) is 0 Å². The smallest absolute Gasteiger partial charge is 0.408 e. The standard InChI is InChI=1S/C31H33N5O5/c32-18-8-7-13-26(34-31(39)40-21-24-11-5-2-6-12-24)28(37)29-35-27(41-36-29)19-22-14-16-25(17-15-22)30(38)33-20-23-9-3-1-4-10-23/h1-6,9-12,14-17,26H,7-8,13,18-21,32H2,(H,33,38)(H,34,39)/t26-/m0/s1. The quantitative estimate of drug-likeness (QED) is 0.155. The molecular weight excluding hydrogens is 522 g/mol. The van der Waals surface area contributed by atoms with Gasteiger partial charge >= 0.3 is 6.09 Å². The third-order valence-corrected chi connectivity index (χ3v) is 6.32. The molecule has 10 nitrogen and oxygen atoms in total. The van der Waals surface area contributed by atoms with Gasteiger partial charge in [0.25, 0.3) is 5.91 Å². The number of alkyl carbamates (subject to hydrolysis) is 1. The second kappa shape index (κ2) is 15.1. The molecule has 1 aromatic heterocycles. The summed E-state index contributed by atoms with van der Waals surface area (Å²) >= 11 is 0. The Morgan fingerprint density at radius 3 is 2.22 bits per heavy atom. The number of Topliss-reactive ketones (excluding diaryl/α,β-unsaturated/α-hetero) is 1. The van der Waals surface area contributed by atoms with Gasteiger partial charge in [0.1, 0.15) is 6.61 Å². The van der Waals surface area contributed by atoms with Crippen molar-refractivity contribution in [1.29, 1.82) is 0 Å². The second-order valence-corrected chi connectivity index (χ2v) is 9.46. The first-order chi connectivity index (χ1) is 20.0. The number of amides is 2. The van der Waals surface area contributed by atoms with Crippen LogP contribution >= 0.6 is 0 Å². The maximum Gasteiger partial charge on any atom is 0.408 e. The molecule has 0 bridgehead atoms. The molecule has 4 rings (SSSR count). The van der Waals surface area contributed by atoms with Gasteiger partial charge in [0.15, 0.2) is 0 Å². The van der Waals surface area contributed by atoms with Crippen LogP contribution in [-0.2, 0) is 24.3 Å². The van der Waals surface area contributed by atoms with Gasteiger partial charge in [-0.25, -0.2) is 4.79 Å². The molecular formula is C31H33N5O5. The lowest BCUT2D eigenvalue weighted by atomic mass is 10.0. The molecule has 0 aliphatic heterocycles. The average Bonchev–Trinajstić information content (AvgIpc) is 3.48. The number of nitrogens with two attached hydrogens (primary N) is 1. The monoisotopic (exact) mass is 555 g/mol. The number of nitrogens with zero attached hydrogens (tertiary/aromatic N) is 2. The van der Waals surface area contributed by atoms with Gasteiger partial charge in [-0.05, 0) is 54.6 Å². The van der Waals surface area contributed by atoms with Crippen LogP contribution in [0.4, 0.5) is 4.79 Å². The molecule has 41 heavy (non-hydrogen) atoms. The summed E-state index contributed by atoms with van der Waals surface area (Å²) < 4.78 is 10.6. The summed E-state index contributed by atoms with van der Waals surface area (Å²) in [6.45, 7) is 0.989. The minimum atomic E-state index is -0.885. The van der Waals surface area contributed by atoms with Crippen LogP contribution in [0.25, 0.3) is 0 Å². The summed E-state index contributed by atoms with van der Waals surface area (Å²) in [4.78, 5) is 42.3. The van der Waals surface area contributed by atoms with Crippen molar-refractivity contribution in [2.24, 2.45) is 5.73 Å². The fourth-order valence-electron chi connectivity index (χ4n) is 4.08. The predicted octanol–water partition coefficient (Wildman–Crippen LogP) is 4.20. The Kier molecular flexibility index (Phi) is 10.7. The summed E-state index contributed by atoms with van der Waals surface area (Å²) in [5.74, 6) is -0.541. The normalized spacial score (nSPS) is 11.4. The highest BCUT2D eigenvalue weighted by Crippen LogP contribution is 2.13. The van der Waals surface area contributed by atoms with Crippen LogP contribution in [0, 0.1) is 0 Å². The number of ketones is 1. The first-order valence-corrected chi connectivity index (χ1v) is 13.5. The van der Waals surface area contributed by atoms with Gasteiger partial charge < -0.3 is 25.6 Å². The lowest BCUT2D eigenvalue weighted by Crippen LogP contribution is -2.41. The number of rotatable bonds is 14. The zero-order chi connectivity index (χ0) is 28.9. The van der Waals surface area contributed by atoms with Gasteiger partial charge in [-0.15, -0.1) is 0 Å². The zero-order valence-electron chi connectivity index (χ0n) is 22.6. The van der Waals surface area contributed by atoms with E-state index in [0.717, 1.165) is 16.7 Å². The maximum atomic E-state index is 13.2. The van der Waals surface area contributed by atoms with Crippen molar-refractivity contribution in [3.8, 4) is 0 Å². The molecule has 1 heterocycles. The highest BCUT2D eigenvalue weighted by Gasteiger charge is 2.27. The number of hydrogen-bond acceptors (Lipinski definition) is 8. The van der Waals surface area contributed by atoms with Crippen LogP contribution < -0.4 is 16.4 Å². The minimum Gasteiger partial charge on any atom is -0.445 e. The molecule has 0 saturated carbocycles. The van der Waals surface area contributed by atoms with Gasteiger partial charge in [0.2, 0.25) is 17.5 Å². The molecule has 4 aromatic rings. The number of unbranched alkanes of at least 4 members (excludes halogenated alkanes) is 1. The van der Waals surface area contributed by atoms with Crippen LogP contribution in [0.5, 0.6) is 0 Å². The Hall–Kier alpha value is -4.83. The molecule has 0 radical (unpaired) electrons. The minimum absolute atomic E-state index is 0.0796. The summed E-state index contributed by atoms with van der Waals surface area (Å²) in [6, 6.07) is 25.1. The van der Waals surface area contributed by atoms with E-state index in [1.165, 1.54) is 0 Å². The summed E-state index contributed by atoms with van der Waals surface area (Å²) in [6.07, 6.45) is 1.24. The number of carbonyl (C=O) groups is 3. The van der Waals surface area contributed by atoms with Gasteiger partial charge in [0.05, 0.1) is 12.5 Å². The van der Waals surface area contributed by atoms with E-state index >= 15 is 0 Å². The van der Waals surface area contributed by atoms with E-state index in [4.69, 9.17) is 15.0 Å². The van der Waals surface area contributed by atoms with Crippen LogP contribution in [0.1, 0.15) is 62.8 Å². The molecule has 212 valence electrons. The zero-order valence-corrected chi connectivity index (χ0v) is 22.6. The van der Waals surface area contributed by atoms with E-state index < -0.39 is 17.9 Å². The SMILES string of the molecule is NCCCC[C@H](NC(=O)OCc1ccccc1)C(=O)c1noc(Cc2ccc(C(=O)NCc3ccccc3)cc2)n1. The highest BCUT2D eigenvalue weighted by atomic mass is 16.5. The summed E-state index contributed by atoms with van der Waals surface area (Å²) in [5, 5.41) is 9.37. The van der Waals surface area contributed by atoms with E-state index in [1.54, 1.807) is 24.3 Å². The molecule has 3 aromatic carbocycles. The molecule has 1 atom stereocenters. The summed E-state index contributed by atoms with van der Waals surface area (Å²) in [7, 11) is 0. The van der Waals surface area contributed by atoms with Crippen molar-refractivity contribution in [2.75, 3.05) is 6.54 Å². The van der Waals surface area contributed by atoms with Gasteiger partial charge in [-0.2, -0.15) is 4.98 Å². The van der Waals surface area contributed by atoms with E-state index in [1.807, 2.05) is 60.7 Å². The van der Waals surface area contributed by atoms with E-state index in [-0.39, 0.29) is 30.7 Å². The molecule has 2 amide bonds. The highest BCUT2D eigenvalue weighted by molar-refractivity contribution is 5.98. The number of hydrogen-bond donors (Lipinski definition) is 3. The largest absolute Gasteiger partial charge is 0.445 e. The number of ether oxygens (including phenoxy) is 1. The van der Waals surface area contributed by atoms with E-state index in [9.17, 15) is 14.4 Å². The third-order valence-electron chi connectivity index (χ3n) is 6.32. The maximum absolute atomic E-state index is 13.2. The Balaban J connectivity index is 1.32. The molecule has 4 N–H and O–H groups in total. The molecule has 0 aliphatic rings. The van der Waals surface area contributed by atoms with Crippen molar-refractivity contribution in [3.05, 3.63) is 119 Å². The number of benzene rings is 3. The third kappa shape index (κ3) is 9.11. The second-order valence-electron chi connectivity index (χ2n) is 9.46. The number of aromatic nitrogens is 2. The molecule has 0 saturated heterocycles. The Morgan fingerprint density at radius 1 is 0.854 bits per heavy atom. The fourth-order valence-corrected chi connectivity index (χ4v) is 4.08. The number of carbonyl (C=O) groups excluding carboxylic acids is 3. The fraction of sp³-hybridized carbons (Fsp3) is 0.258. The van der Waals surface area contributed by atoms with Crippen molar-refractivity contribution >= 4 is 17.8 Å². The Labute approximate surface area is 238 Å². The van der Waals surface area contributed by atoms with Crippen LogP contribution in [0.15, 0.2) is 89.5 Å². The topological polar surface area (TPSA) is 149 Å². The predicted molar refractivity (Wildman–Crippen MR) is 152 cm³/mol. The molecule has 0 unspecified atom stereocenters. The van der Waals surface area contributed by atoms with Crippen molar-refractivity contribution in [1.82, 2.24) is 20.8 Å². The van der Waals surface area contributed by atoms with Crippen molar-refractivity contribution in [2.45, 2.75) is 44.9 Å². The Bertz CT molecular complexity index is 1410. The van der Waals surface area contributed by atoms with Crippen molar-refractivity contribution < 1.29 is 23.6 Å². The molecule has 0 spiro atoms. The van der Waals surface area contributed by atoms with E-state index in [0.29, 0.717) is 37.9 Å². The van der Waals surface area contributed by atoms with Crippen LogP contribution in [-0.4, -0.2) is 40.5 Å². The first kappa shape index (κ1) is 29.2. The first-order valence-electron chi connectivity index (χ1n) is 13.5. The van der Waals surface area contributed by atoms with Gasteiger partial charge in [-0.1, -0.05) is 78.0 Å².